The molecule has 94 heavy (non-hydrogen) atoms. The van der Waals surface area contributed by atoms with Crippen LogP contribution in [0.15, 0.2) is 241 Å². The third kappa shape index (κ3) is 144. The maximum atomic E-state index is 4.72. The van der Waals surface area contributed by atoms with Gasteiger partial charge < -0.3 is 50.6 Å². The van der Waals surface area contributed by atoms with Crippen LogP contribution in [0.2, 0.25) is 0 Å². The number of allylic oxidation sites excluding steroid dienone is 19. The number of rotatable bonds is 3. The van der Waals surface area contributed by atoms with Gasteiger partial charge in [-0.3, -0.25) is 0 Å². The molecule has 0 atom stereocenters. The predicted octanol–water partition coefficient (Wildman–Crippen LogP) is 32.1. The summed E-state index contributed by atoms with van der Waals surface area (Å²) in [6.45, 7) is 92.8. The molecule has 0 bridgehead atoms. The van der Waals surface area contributed by atoms with E-state index in [1.807, 2.05) is 326 Å². The molecule has 0 saturated heterocycles. The maximum absolute atomic E-state index is 4.72. The summed E-state index contributed by atoms with van der Waals surface area (Å²) in [5, 5.41) is 0. The molecule has 0 N–H and O–H groups in total. The third-order valence-electron chi connectivity index (χ3n) is 7.78. The number of hydrogen-bond donors (Lipinski definition) is 0. The van der Waals surface area contributed by atoms with E-state index in [1.165, 1.54) is 95.5 Å². The van der Waals surface area contributed by atoms with Crippen LogP contribution in [0.4, 0.5) is 0 Å². The van der Waals surface area contributed by atoms with Crippen molar-refractivity contribution in [2.75, 3.05) is 0 Å². The Kier molecular flexibility index (Phi) is 296. The largest absolute Gasteiger partial charge is 2.00 e. The minimum atomic E-state index is 0. The van der Waals surface area contributed by atoms with E-state index in [2.05, 4.69) is 128 Å². The SMILES string of the molecule is C1=CC2=C(C=CC2)C1.C1=CCC=C1.C1=Cc2ccccc2C1.CC.CC.CC.CC.CC.CC.CC.CC.CC.CC.CC.CC.CC.CC.CC.CC.CC.Cc1ccccc1.[CH-]=CC=[CH-].[CH-]=CC=[CH-].[CH2-]C1=C([CH]=[W])CC=C1.[V+2].[V+2].[W].c1ccccc1.c1ccccc1. The van der Waals surface area contributed by atoms with Gasteiger partial charge in [-0.25, -0.2) is 0 Å². The number of benzene rings is 4. The average Bonchev–Trinajstić information content (AvgIpc) is 2.42. The monoisotopic (exact) mass is 1710 g/mol. The van der Waals surface area contributed by atoms with E-state index in [-0.39, 0.29) is 58.2 Å². The van der Waals surface area contributed by atoms with Gasteiger partial charge in [-0.1, -0.05) is 429 Å². The average molecular weight is 1710 g/mol. The molecule has 5 aliphatic rings. The van der Waals surface area contributed by atoms with Crippen LogP contribution in [0.1, 0.15) is 278 Å². The van der Waals surface area contributed by atoms with Crippen molar-refractivity contribution in [2.45, 2.75) is 274 Å². The van der Waals surface area contributed by atoms with Crippen molar-refractivity contribution in [1.29, 1.82) is 0 Å². The van der Waals surface area contributed by atoms with E-state index in [0.717, 1.165) is 19.3 Å². The van der Waals surface area contributed by atoms with Crippen molar-refractivity contribution < 1.29 is 77.5 Å². The first-order valence-electron chi connectivity index (χ1n) is 36.0. The van der Waals surface area contributed by atoms with Crippen molar-refractivity contribution in [2.24, 2.45) is 0 Å². The topological polar surface area (TPSA) is 0 Å². The van der Waals surface area contributed by atoms with E-state index in [1.54, 1.807) is 0 Å². The first kappa shape index (κ1) is 146. The van der Waals surface area contributed by atoms with Gasteiger partial charge in [-0.2, -0.15) is 0 Å². The Hall–Kier alpha value is -3.95. The number of fused-ring (bicyclic) bond motifs is 1. The van der Waals surface area contributed by atoms with Gasteiger partial charge in [0.05, 0.1) is 0 Å². The molecule has 0 amide bonds. The Labute approximate surface area is 647 Å². The van der Waals surface area contributed by atoms with Gasteiger partial charge in [0.1, 0.15) is 0 Å². The van der Waals surface area contributed by atoms with Crippen LogP contribution in [0.25, 0.3) is 6.08 Å². The summed E-state index contributed by atoms with van der Waals surface area (Å²) < 4.78 is 2.20. The molecular formula is C90H159V2W2-. The number of aryl methyl sites for hydroxylation is 1. The van der Waals surface area contributed by atoms with E-state index in [4.69, 9.17) is 26.3 Å². The first-order chi connectivity index (χ1) is 45.0. The van der Waals surface area contributed by atoms with Gasteiger partial charge in [-0.05, 0) is 54.9 Å². The second-order valence-corrected chi connectivity index (χ2v) is 13.0. The standard InChI is InChI=1S/C9H8.C8H8.C7H7.C7H8.2C6H6.C5H6.2C4H4.17C2H6.2V.2W/c1-2-5-9-7-3-6-8(9)4-1;1-3-7-5-2-6-8(7)4-1;1-6-4-3-5-7(6)2;1-7-5-3-2-4-6-7;2*1-2-4-6-5-3-1;1-2-4-5-3-1;2*1-3-4-2;17*1-2;;;;/h1-6H,7H2;1-3,6H,4-5H2;1,3,5H,2,4H2;2-6H,1H3;2*1-6H;1-4H,5H2;2*1-4H;17*1-2H3;;;;/q;;-1;;;;;2*-2;;;;;;;;;;;;;;;;;;2*+2;;. The molecule has 0 aromatic heterocycles. The van der Waals surface area contributed by atoms with Crippen LogP contribution in [0.5, 0.6) is 0 Å². The van der Waals surface area contributed by atoms with Crippen LogP contribution in [-0.4, -0.2) is 4.40 Å². The van der Waals surface area contributed by atoms with Gasteiger partial charge in [0, 0.05) is 21.1 Å². The Morgan fingerprint density at radius 3 is 0.755 bits per heavy atom. The van der Waals surface area contributed by atoms with Crippen molar-refractivity contribution >= 4 is 10.5 Å². The summed E-state index contributed by atoms with van der Waals surface area (Å²) in [4.78, 5) is 0. The normalized spacial score (nSPS) is 8.88. The fourth-order valence-electron chi connectivity index (χ4n) is 4.85. The minimum absolute atomic E-state index is 0. The van der Waals surface area contributed by atoms with Gasteiger partial charge in [0.2, 0.25) is 0 Å². The summed E-state index contributed by atoms with van der Waals surface area (Å²) in [5.41, 5.74) is 9.83. The Morgan fingerprint density at radius 2 is 0.564 bits per heavy atom. The fraction of sp³-hybridized carbons (Fsp3) is 0.444. The molecule has 0 fully saturated rings. The quantitative estimate of drug-likeness (QED) is 0.142. The van der Waals surface area contributed by atoms with Crippen LogP contribution >= 0.6 is 0 Å². The molecule has 9 rings (SSSR count). The van der Waals surface area contributed by atoms with E-state index < -0.39 is 0 Å². The molecule has 0 aliphatic heterocycles. The smallest absolute Gasteiger partial charge is 0.0623 e. The second kappa shape index (κ2) is 191. The molecule has 4 aromatic carbocycles. The molecule has 0 unspecified atom stereocenters. The summed E-state index contributed by atoms with van der Waals surface area (Å²) >= 11 is 1.51. The predicted molar refractivity (Wildman–Crippen MR) is 441 cm³/mol. The van der Waals surface area contributed by atoms with Crippen molar-refractivity contribution in [3.63, 3.8) is 0 Å². The van der Waals surface area contributed by atoms with Crippen molar-refractivity contribution in [3.05, 3.63) is 291 Å². The number of hydrogen-bond acceptors (Lipinski definition) is 0. The van der Waals surface area contributed by atoms with E-state index >= 15 is 0 Å². The molecule has 0 heterocycles. The molecule has 4 aromatic rings. The minimum Gasteiger partial charge on any atom is -0.0623 e. The molecule has 5 aliphatic carbocycles. The summed E-state index contributed by atoms with van der Waals surface area (Å²) in [6, 6.07) is 42.8. The molecular weight excluding hydrogens is 1550 g/mol. The van der Waals surface area contributed by atoms with Gasteiger partial charge >= 0.3 is 97.5 Å². The molecule has 542 valence electrons. The Balaban J connectivity index is -0.0000000345. The maximum Gasteiger partial charge on any atom is 2.00 e. The summed E-state index contributed by atoms with van der Waals surface area (Å²) in [5.74, 6) is 0. The molecule has 0 nitrogen and oxygen atoms in total. The van der Waals surface area contributed by atoms with E-state index in [9.17, 15) is 0 Å². The Morgan fingerprint density at radius 1 is 0.319 bits per heavy atom. The summed E-state index contributed by atoms with van der Waals surface area (Å²) in [7, 11) is 0. The molecule has 0 spiro atoms. The van der Waals surface area contributed by atoms with Crippen molar-refractivity contribution in [3.8, 4) is 0 Å². The molecule has 4 heteroatoms. The second-order valence-electron chi connectivity index (χ2n) is 12.2. The molecule has 2 radical (unpaired) electrons. The zero-order chi connectivity index (χ0) is 75.4. The third-order valence-corrected chi connectivity index (χ3v) is 8.80. The zero-order valence-electron chi connectivity index (χ0n) is 68.7. The zero-order valence-corrected chi connectivity index (χ0v) is 77.4. The van der Waals surface area contributed by atoms with Crippen LogP contribution < -0.4 is 0 Å². The van der Waals surface area contributed by atoms with Crippen molar-refractivity contribution in [1.82, 2.24) is 0 Å². The van der Waals surface area contributed by atoms with Gasteiger partial charge in [0.25, 0.3) is 0 Å². The first-order valence-corrected chi connectivity index (χ1v) is 37.7. The van der Waals surface area contributed by atoms with Gasteiger partial charge in [0.15, 0.2) is 0 Å². The summed E-state index contributed by atoms with van der Waals surface area (Å²) in [6.07, 6.45) is 36.7. The fourth-order valence-corrected chi connectivity index (χ4v) is 5.74. The van der Waals surface area contributed by atoms with E-state index in [0.29, 0.717) is 0 Å². The van der Waals surface area contributed by atoms with Crippen LogP contribution in [0, 0.1) is 40.2 Å². The van der Waals surface area contributed by atoms with Crippen LogP contribution in [0.3, 0.4) is 0 Å². The van der Waals surface area contributed by atoms with Gasteiger partial charge in [-0.15, -0.1) is 0 Å². The Bertz CT molecular complexity index is 1770. The molecule has 0 saturated carbocycles. The van der Waals surface area contributed by atoms with Crippen LogP contribution in [-0.2, 0) is 84.0 Å².